The van der Waals surface area contributed by atoms with Crippen LogP contribution < -0.4 is 0 Å². The molecular formula is C59H39N3. The molecule has 3 nitrogen and oxygen atoms in total. The molecular weight excluding hydrogens is 751 g/mol. The third-order valence-electron chi connectivity index (χ3n) is 11.7. The molecule has 2 aromatic heterocycles. The van der Waals surface area contributed by atoms with E-state index < -0.39 is 0 Å². The van der Waals surface area contributed by atoms with Gasteiger partial charge < -0.3 is 0 Å². The van der Waals surface area contributed by atoms with Crippen molar-refractivity contribution in [1.82, 2.24) is 15.0 Å². The van der Waals surface area contributed by atoms with Gasteiger partial charge in [-0.05, 0) is 79.5 Å². The van der Waals surface area contributed by atoms with Crippen molar-refractivity contribution in [2.24, 2.45) is 0 Å². The van der Waals surface area contributed by atoms with Gasteiger partial charge in [0.2, 0.25) is 0 Å². The maximum absolute atomic E-state index is 5.18. The summed E-state index contributed by atoms with van der Waals surface area (Å²) < 4.78 is 0. The molecule has 0 amide bonds. The van der Waals surface area contributed by atoms with Gasteiger partial charge in [0.05, 0.1) is 22.6 Å². The van der Waals surface area contributed by atoms with Gasteiger partial charge in [0.1, 0.15) is 0 Å². The summed E-state index contributed by atoms with van der Waals surface area (Å²) in [7, 11) is 0. The summed E-state index contributed by atoms with van der Waals surface area (Å²) in [4.78, 5) is 15.5. The Morgan fingerprint density at radius 2 is 0.629 bits per heavy atom. The number of benzene rings is 9. The van der Waals surface area contributed by atoms with Gasteiger partial charge in [-0.3, -0.25) is 0 Å². The number of rotatable bonds is 8. The number of nitrogens with zero attached hydrogens (tertiary/aromatic N) is 3. The molecule has 0 fully saturated rings. The van der Waals surface area contributed by atoms with Crippen LogP contribution in [0.25, 0.3) is 111 Å². The van der Waals surface area contributed by atoms with E-state index in [-0.39, 0.29) is 0 Å². The second kappa shape index (κ2) is 16.1. The minimum Gasteiger partial charge on any atom is -0.248 e. The van der Waals surface area contributed by atoms with Gasteiger partial charge in [0, 0.05) is 27.6 Å². The smallest absolute Gasteiger partial charge is 0.160 e. The summed E-state index contributed by atoms with van der Waals surface area (Å²) in [5.74, 6) is 0.684. The second-order valence-electron chi connectivity index (χ2n) is 15.6. The Kier molecular flexibility index (Phi) is 9.53. The van der Waals surface area contributed by atoms with Gasteiger partial charge in [-0.2, -0.15) is 0 Å². The number of aromatic nitrogens is 3. The largest absolute Gasteiger partial charge is 0.248 e. The maximum Gasteiger partial charge on any atom is 0.160 e. The van der Waals surface area contributed by atoms with Crippen molar-refractivity contribution in [1.29, 1.82) is 0 Å². The van der Waals surface area contributed by atoms with Crippen molar-refractivity contribution in [3.8, 4) is 89.7 Å². The summed E-state index contributed by atoms with van der Waals surface area (Å²) in [6.07, 6.45) is 0. The van der Waals surface area contributed by atoms with Crippen LogP contribution in [0.15, 0.2) is 237 Å². The Balaban J connectivity index is 0.960. The Hall–Kier alpha value is -8.27. The maximum atomic E-state index is 5.18. The average Bonchev–Trinajstić information content (AvgIpc) is 3.37. The standard InChI is InChI=1S/C59H39N3/c1-5-13-40(14-6-1)42-21-27-47(28-22-42)56-39-57(48-29-23-43(24-30-48)41-15-7-2-8-16-41)62-59(61-56)49-31-25-44(26-32-49)50-33-35-52-51(37-50)34-36-54-58(52)53(45-17-9-3-10-18-45)38-55(60-54)46-19-11-4-12-20-46/h1-39H. The molecule has 0 spiro atoms. The molecule has 0 aliphatic rings. The monoisotopic (exact) mass is 789 g/mol. The minimum atomic E-state index is 0.684. The van der Waals surface area contributed by atoms with Crippen molar-refractivity contribution in [2.75, 3.05) is 0 Å². The van der Waals surface area contributed by atoms with E-state index in [0.29, 0.717) is 5.82 Å². The highest BCUT2D eigenvalue weighted by atomic mass is 14.9. The molecule has 0 aliphatic carbocycles. The van der Waals surface area contributed by atoms with Crippen molar-refractivity contribution in [2.45, 2.75) is 0 Å². The van der Waals surface area contributed by atoms with Gasteiger partial charge in [-0.1, -0.05) is 212 Å². The topological polar surface area (TPSA) is 38.7 Å². The second-order valence-corrected chi connectivity index (χ2v) is 15.6. The van der Waals surface area contributed by atoms with E-state index in [1.165, 1.54) is 44.2 Å². The van der Waals surface area contributed by atoms with Gasteiger partial charge in [-0.25, -0.2) is 15.0 Å². The summed E-state index contributed by atoms with van der Waals surface area (Å²) in [5.41, 5.74) is 17.2. The van der Waals surface area contributed by atoms with Gasteiger partial charge in [0.15, 0.2) is 5.82 Å². The number of fused-ring (bicyclic) bond motifs is 3. The Morgan fingerprint density at radius 3 is 1.16 bits per heavy atom. The summed E-state index contributed by atoms with van der Waals surface area (Å²) in [6, 6.07) is 83.4. The van der Waals surface area contributed by atoms with Crippen LogP contribution in [0.5, 0.6) is 0 Å². The first-order valence-electron chi connectivity index (χ1n) is 21.0. The molecule has 0 N–H and O–H groups in total. The molecule has 290 valence electrons. The van der Waals surface area contributed by atoms with E-state index >= 15 is 0 Å². The zero-order chi connectivity index (χ0) is 41.2. The van der Waals surface area contributed by atoms with Crippen molar-refractivity contribution in [3.05, 3.63) is 237 Å². The van der Waals surface area contributed by atoms with Crippen molar-refractivity contribution < 1.29 is 0 Å². The molecule has 0 unspecified atom stereocenters. The van der Waals surface area contributed by atoms with Gasteiger partial charge >= 0.3 is 0 Å². The average molecular weight is 790 g/mol. The molecule has 0 saturated heterocycles. The first-order chi connectivity index (χ1) is 30.7. The fraction of sp³-hybridized carbons (Fsp3) is 0. The lowest BCUT2D eigenvalue weighted by molar-refractivity contribution is 1.18. The van der Waals surface area contributed by atoms with Gasteiger partial charge in [0.25, 0.3) is 0 Å². The predicted octanol–water partition coefficient (Wildman–Crippen LogP) is 15.5. The van der Waals surface area contributed by atoms with Crippen molar-refractivity contribution >= 4 is 21.7 Å². The first-order valence-corrected chi connectivity index (χ1v) is 21.0. The number of hydrogen-bond acceptors (Lipinski definition) is 3. The van der Waals surface area contributed by atoms with E-state index in [9.17, 15) is 0 Å². The van der Waals surface area contributed by atoms with Crippen molar-refractivity contribution in [3.63, 3.8) is 0 Å². The normalized spacial score (nSPS) is 11.2. The lowest BCUT2D eigenvalue weighted by Crippen LogP contribution is -1.96. The lowest BCUT2D eigenvalue weighted by Gasteiger charge is -2.14. The summed E-state index contributed by atoms with van der Waals surface area (Å²) >= 11 is 0. The summed E-state index contributed by atoms with van der Waals surface area (Å²) in [5, 5.41) is 3.51. The molecule has 3 heteroatoms. The van der Waals surface area contributed by atoms with Crippen LogP contribution in [0.3, 0.4) is 0 Å². The third kappa shape index (κ3) is 7.23. The molecule has 0 aliphatic heterocycles. The molecule has 0 saturated carbocycles. The van der Waals surface area contributed by atoms with Crippen LogP contribution in [-0.2, 0) is 0 Å². The summed E-state index contributed by atoms with van der Waals surface area (Å²) in [6.45, 7) is 0. The van der Waals surface area contributed by atoms with E-state index in [1.807, 2.05) is 18.2 Å². The molecule has 0 bridgehead atoms. The van der Waals surface area contributed by atoms with E-state index in [1.54, 1.807) is 0 Å². The van der Waals surface area contributed by atoms with Crippen LogP contribution in [0.4, 0.5) is 0 Å². The first kappa shape index (κ1) is 36.8. The Labute approximate surface area is 361 Å². The quantitative estimate of drug-likeness (QED) is 0.144. The van der Waals surface area contributed by atoms with E-state index in [0.717, 1.165) is 61.4 Å². The van der Waals surface area contributed by atoms with Crippen LogP contribution in [0, 0.1) is 0 Å². The van der Waals surface area contributed by atoms with Crippen LogP contribution in [0.1, 0.15) is 0 Å². The highest BCUT2D eigenvalue weighted by Crippen LogP contribution is 2.38. The number of hydrogen-bond donors (Lipinski definition) is 0. The van der Waals surface area contributed by atoms with E-state index in [4.69, 9.17) is 15.0 Å². The van der Waals surface area contributed by atoms with Crippen LogP contribution >= 0.6 is 0 Å². The lowest BCUT2D eigenvalue weighted by atomic mass is 9.93. The number of pyridine rings is 1. The van der Waals surface area contributed by atoms with Gasteiger partial charge in [-0.15, -0.1) is 0 Å². The molecule has 11 aromatic rings. The zero-order valence-electron chi connectivity index (χ0n) is 33.9. The molecule has 11 rings (SSSR count). The third-order valence-corrected chi connectivity index (χ3v) is 11.7. The highest BCUT2D eigenvalue weighted by Gasteiger charge is 2.15. The predicted molar refractivity (Wildman–Crippen MR) is 258 cm³/mol. The molecule has 0 atom stereocenters. The minimum absolute atomic E-state index is 0.684. The fourth-order valence-electron chi connectivity index (χ4n) is 8.46. The Bertz CT molecular complexity index is 3230. The van der Waals surface area contributed by atoms with E-state index in [2.05, 4.69) is 218 Å². The van der Waals surface area contributed by atoms with Crippen LogP contribution in [-0.4, -0.2) is 15.0 Å². The van der Waals surface area contributed by atoms with Crippen LogP contribution in [0.2, 0.25) is 0 Å². The molecule has 2 heterocycles. The molecule has 62 heavy (non-hydrogen) atoms. The highest BCUT2D eigenvalue weighted by molar-refractivity contribution is 6.14. The zero-order valence-corrected chi connectivity index (χ0v) is 33.9. The molecule has 0 radical (unpaired) electrons. The SMILES string of the molecule is c1ccc(-c2ccc(-c3cc(-c4ccc(-c5ccccc5)cc4)nc(-c4ccc(-c5ccc6c(ccc7nc(-c8ccccc8)cc(-c8ccccc8)c76)c5)cc4)n3)cc2)cc1. The fourth-order valence-corrected chi connectivity index (χ4v) is 8.46. The Morgan fingerprint density at radius 1 is 0.242 bits per heavy atom. The molecule has 9 aromatic carbocycles.